The fourth-order valence-corrected chi connectivity index (χ4v) is 0.627. The van der Waals surface area contributed by atoms with Gasteiger partial charge in [0.25, 0.3) is 0 Å². The van der Waals surface area contributed by atoms with Gasteiger partial charge < -0.3 is 11.5 Å². The van der Waals surface area contributed by atoms with Gasteiger partial charge >= 0.3 is 0 Å². The number of nitrogens with two attached hydrogens (primary N) is 2. The lowest BCUT2D eigenvalue weighted by atomic mass is 10.6. The number of hydrogen-bond acceptors (Lipinski definition) is 5. The first-order valence-electron chi connectivity index (χ1n) is 2.62. The fraction of sp³-hybridized carbons (Fsp3) is 0.500. The minimum Gasteiger partial charge on any atom is -0.370 e. The minimum atomic E-state index is -0.147. The minimum absolute atomic E-state index is 0.147. The van der Waals surface area contributed by atoms with Crippen LogP contribution in [-0.4, -0.2) is 18.1 Å². The Morgan fingerprint density at radius 2 is 1.78 bits per heavy atom. The van der Waals surface area contributed by atoms with Crippen LogP contribution in [0.25, 0.3) is 0 Å². The first kappa shape index (κ1) is 5.87. The van der Waals surface area contributed by atoms with Gasteiger partial charge in [-0.05, 0) is 6.92 Å². The number of nitrogens with zero attached hydrogens (tertiary/aromatic N) is 2. The molecule has 0 radical (unpaired) electrons. The van der Waals surface area contributed by atoms with E-state index in [4.69, 9.17) is 11.5 Å². The van der Waals surface area contributed by atoms with Crippen molar-refractivity contribution >= 4 is 11.9 Å². The summed E-state index contributed by atoms with van der Waals surface area (Å²) >= 11 is 0. The lowest BCUT2D eigenvalue weighted by molar-refractivity contribution is 0.764. The molecule has 1 aliphatic heterocycles. The quantitative estimate of drug-likeness (QED) is 0.372. The molecule has 0 atom stereocenters. The van der Waals surface area contributed by atoms with Crippen LogP contribution in [0, 0.1) is 0 Å². The fourth-order valence-electron chi connectivity index (χ4n) is 0.627. The van der Waals surface area contributed by atoms with E-state index >= 15 is 0 Å². The molecule has 9 heavy (non-hydrogen) atoms. The Bertz CT molecular complexity index is 152. The first-order chi connectivity index (χ1) is 4.18. The molecule has 0 aromatic carbocycles. The number of rotatable bonds is 0. The Balaban J connectivity index is 2.69. The maximum atomic E-state index is 5.29. The highest BCUT2D eigenvalue weighted by Gasteiger charge is 2.05. The number of guanidine groups is 2. The Hall–Kier alpha value is -1.26. The van der Waals surface area contributed by atoms with Crippen LogP contribution in [0.4, 0.5) is 0 Å². The molecule has 1 rings (SSSR count). The maximum Gasteiger partial charge on any atom is 0.197 e. The molecule has 0 fully saturated rings. The van der Waals surface area contributed by atoms with Gasteiger partial charge in [-0.3, -0.25) is 5.32 Å². The molecule has 0 amide bonds. The number of aliphatic imine (C=N–C) groups is 2. The summed E-state index contributed by atoms with van der Waals surface area (Å²) in [5.74, 6) is 0.657. The lowest BCUT2D eigenvalue weighted by Gasteiger charge is -2.12. The molecule has 0 aliphatic carbocycles. The highest BCUT2D eigenvalue weighted by atomic mass is 15.3. The third-order valence-corrected chi connectivity index (χ3v) is 0.908. The zero-order valence-corrected chi connectivity index (χ0v) is 5.13. The molecule has 0 unspecified atom stereocenters. The third-order valence-electron chi connectivity index (χ3n) is 0.908. The molecule has 0 bridgehead atoms. The monoisotopic (exact) mass is 127 g/mol. The van der Waals surface area contributed by atoms with Crippen LogP contribution in [0.15, 0.2) is 9.98 Å². The van der Waals surface area contributed by atoms with Crippen LogP contribution in [0.5, 0.6) is 0 Å². The zero-order valence-electron chi connectivity index (χ0n) is 5.13. The molecule has 50 valence electrons. The van der Waals surface area contributed by atoms with E-state index in [2.05, 4.69) is 15.3 Å². The van der Waals surface area contributed by atoms with Crippen molar-refractivity contribution in [1.29, 1.82) is 0 Å². The first-order valence-corrected chi connectivity index (χ1v) is 2.62. The highest BCUT2D eigenvalue weighted by molar-refractivity contribution is 5.98. The largest absolute Gasteiger partial charge is 0.370 e. The SMILES string of the molecule is CC1N=C(N)NC(N)=N1. The third kappa shape index (κ3) is 1.31. The van der Waals surface area contributed by atoms with Crippen molar-refractivity contribution in [3.05, 3.63) is 0 Å². The second-order valence-corrected chi connectivity index (χ2v) is 1.79. The van der Waals surface area contributed by atoms with E-state index in [0.29, 0.717) is 11.9 Å². The molecule has 0 aromatic rings. The standard InChI is InChI=1S/C4H9N5/c1-2-7-3(5)9-4(6)8-2/h2H,1H3,(H5,5,6,7,8,9). The average Bonchev–Trinajstić information content (AvgIpc) is 1.59. The van der Waals surface area contributed by atoms with Gasteiger partial charge in [-0.15, -0.1) is 0 Å². The van der Waals surface area contributed by atoms with E-state index in [1.165, 1.54) is 0 Å². The summed E-state index contributed by atoms with van der Waals surface area (Å²) < 4.78 is 0. The normalized spacial score (nSPS) is 20.1. The van der Waals surface area contributed by atoms with Crippen molar-refractivity contribution in [3.8, 4) is 0 Å². The Morgan fingerprint density at radius 1 is 1.33 bits per heavy atom. The second-order valence-electron chi connectivity index (χ2n) is 1.79. The van der Waals surface area contributed by atoms with Crippen molar-refractivity contribution in [2.75, 3.05) is 0 Å². The molecule has 1 heterocycles. The van der Waals surface area contributed by atoms with Gasteiger partial charge in [-0.2, -0.15) is 0 Å². The molecule has 0 saturated heterocycles. The molecule has 5 N–H and O–H groups in total. The van der Waals surface area contributed by atoms with E-state index in [-0.39, 0.29) is 6.17 Å². The number of nitrogens with one attached hydrogen (secondary N) is 1. The molecule has 1 aliphatic rings. The van der Waals surface area contributed by atoms with Crippen molar-refractivity contribution in [2.45, 2.75) is 13.1 Å². The van der Waals surface area contributed by atoms with Crippen molar-refractivity contribution < 1.29 is 0 Å². The van der Waals surface area contributed by atoms with Gasteiger partial charge in [0, 0.05) is 0 Å². The lowest BCUT2D eigenvalue weighted by Crippen LogP contribution is -2.45. The molecule has 0 spiro atoms. The van der Waals surface area contributed by atoms with Crippen LogP contribution in [0.1, 0.15) is 6.92 Å². The Labute approximate surface area is 52.8 Å². The van der Waals surface area contributed by atoms with E-state index in [0.717, 1.165) is 0 Å². The molecular weight excluding hydrogens is 118 g/mol. The van der Waals surface area contributed by atoms with E-state index in [9.17, 15) is 0 Å². The molecule has 0 saturated carbocycles. The summed E-state index contributed by atoms with van der Waals surface area (Å²) in [7, 11) is 0. The van der Waals surface area contributed by atoms with Crippen LogP contribution in [0.2, 0.25) is 0 Å². The zero-order chi connectivity index (χ0) is 6.85. The van der Waals surface area contributed by atoms with E-state index < -0.39 is 0 Å². The number of hydrogen-bond donors (Lipinski definition) is 3. The Kier molecular flexibility index (Phi) is 1.26. The summed E-state index contributed by atoms with van der Waals surface area (Å²) in [5.41, 5.74) is 10.6. The van der Waals surface area contributed by atoms with Crippen molar-refractivity contribution in [3.63, 3.8) is 0 Å². The van der Waals surface area contributed by atoms with E-state index in [1.54, 1.807) is 6.92 Å². The Morgan fingerprint density at radius 3 is 2.11 bits per heavy atom. The maximum absolute atomic E-state index is 5.29. The summed E-state index contributed by atoms with van der Waals surface area (Å²) in [4.78, 5) is 7.70. The predicted molar refractivity (Wildman–Crippen MR) is 35.8 cm³/mol. The average molecular weight is 127 g/mol. The van der Waals surface area contributed by atoms with Gasteiger partial charge in [0.1, 0.15) is 6.17 Å². The van der Waals surface area contributed by atoms with Gasteiger partial charge in [-0.1, -0.05) is 0 Å². The molecule has 0 aromatic heterocycles. The topological polar surface area (TPSA) is 88.8 Å². The van der Waals surface area contributed by atoms with Gasteiger partial charge in [0.05, 0.1) is 0 Å². The van der Waals surface area contributed by atoms with Crippen LogP contribution in [-0.2, 0) is 0 Å². The smallest absolute Gasteiger partial charge is 0.197 e. The summed E-state index contributed by atoms with van der Waals surface area (Å²) in [6.45, 7) is 1.81. The van der Waals surface area contributed by atoms with Gasteiger partial charge in [-0.25, -0.2) is 9.98 Å². The van der Waals surface area contributed by atoms with Gasteiger partial charge in [0.15, 0.2) is 11.9 Å². The van der Waals surface area contributed by atoms with Crippen molar-refractivity contribution in [2.24, 2.45) is 21.5 Å². The van der Waals surface area contributed by atoms with Crippen LogP contribution in [0.3, 0.4) is 0 Å². The van der Waals surface area contributed by atoms with E-state index in [1.807, 2.05) is 0 Å². The predicted octanol–water partition coefficient (Wildman–Crippen LogP) is -1.43. The highest BCUT2D eigenvalue weighted by Crippen LogP contribution is 1.92. The molecular formula is C4H9N5. The molecule has 5 nitrogen and oxygen atoms in total. The van der Waals surface area contributed by atoms with Crippen LogP contribution >= 0.6 is 0 Å². The summed E-state index contributed by atoms with van der Waals surface area (Å²) in [6.07, 6.45) is -0.147. The molecule has 5 heteroatoms. The second kappa shape index (κ2) is 1.93. The summed E-state index contributed by atoms with van der Waals surface area (Å²) in [5, 5.41) is 2.57. The van der Waals surface area contributed by atoms with Gasteiger partial charge in [0.2, 0.25) is 0 Å². The summed E-state index contributed by atoms with van der Waals surface area (Å²) in [6, 6.07) is 0. The van der Waals surface area contributed by atoms with Crippen LogP contribution < -0.4 is 16.8 Å². The van der Waals surface area contributed by atoms with Crippen molar-refractivity contribution in [1.82, 2.24) is 5.32 Å².